The molecule has 4 heteroatoms. The van der Waals surface area contributed by atoms with E-state index in [1.807, 2.05) is 30.3 Å². The molecule has 0 fully saturated rings. The summed E-state index contributed by atoms with van der Waals surface area (Å²) in [7, 11) is 0. The van der Waals surface area contributed by atoms with Gasteiger partial charge in [-0.2, -0.15) is 0 Å². The number of esters is 2. The topological polar surface area (TPSA) is 52.6 Å². The van der Waals surface area contributed by atoms with Crippen LogP contribution in [0.5, 0.6) is 5.75 Å². The van der Waals surface area contributed by atoms with Gasteiger partial charge in [0, 0.05) is 17.6 Å². The van der Waals surface area contributed by atoms with E-state index in [4.69, 9.17) is 9.47 Å². The first-order chi connectivity index (χ1) is 13.9. The zero-order chi connectivity index (χ0) is 22.7. The molecule has 1 aliphatic rings. The standard InChI is InChI=1S/C26H32O4/c1-17(2)23(27)29-21-13-9-19(10-14-21)25(5,6)26(7,8)20-11-15-22(16-12-20)30-24(28)18(3)4/h9-11,13-15H,1,3,12,16H2,2,4-8H3. The highest BCUT2D eigenvalue weighted by Gasteiger charge is 2.41. The van der Waals surface area contributed by atoms with Gasteiger partial charge in [0.15, 0.2) is 0 Å². The van der Waals surface area contributed by atoms with Crippen molar-refractivity contribution in [1.82, 2.24) is 0 Å². The molecule has 0 saturated heterocycles. The molecule has 1 aromatic rings. The van der Waals surface area contributed by atoms with Crippen molar-refractivity contribution in [3.63, 3.8) is 0 Å². The SMILES string of the molecule is C=C(C)C(=O)OC1=CC=C(C(C)(C)C(C)(C)c2ccc(OC(=O)C(=C)C)cc2)CC1. The Morgan fingerprint density at radius 1 is 0.800 bits per heavy atom. The minimum Gasteiger partial charge on any atom is -0.428 e. The number of rotatable bonds is 7. The van der Waals surface area contributed by atoms with E-state index < -0.39 is 5.97 Å². The maximum Gasteiger partial charge on any atom is 0.338 e. The van der Waals surface area contributed by atoms with E-state index >= 15 is 0 Å². The molecule has 0 amide bonds. The number of carbonyl (C=O) groups is 2. The van der Waals surface area contributed by atoms with Gasteiger partial charge in [0.2, 0.25) is 0 Å². The van der Waals surface area contributed by atoms with Crippen LogP contribution >= 0.6 is 0 Å². The highest BCUT2D eigenvalue weighted by atomic mass is 16.5. The van der Waals surface area contributed by atoms with Crippen molar-refractivity contribution in [3.05, 3.63) is 77.6 Å². The van der Waals surface area contributed by atoms with Gasteiger partial charge in [0.25, 0.3) is 0 Å². The Bertz CT molecular complexity index is 924. The summed E-state index contributed by atoms with van der Waals surface area (Å²) in [6, 6.07) is 7.64. The zero-order valence-corrected chi connectivity index (χ0v) is 18.9. The van der Waals surface area contributed by atoms with Crippen molar-refractivity contribution in [2.45, 2.75) is 59.8 Å². The summed E-state index contributed by atoms with van der Waals surface area (Å²) in [5.41, 5.74) is 2.86. The highest BCUT2D eigenvalue weighted by molar-refractivity contribution is 5.88. The van der Waals surface area contributed by atoms with Crippen LogP contribution in [-0.4, -0.2) is 11.9 Å². The van der Waals surface area contributed by atoms with Gasteiger partial charge < -0.3 is 9.47 Å². The summed E-state index contributed by atoms with van der Waals surface area (Å²) >= 11 is 0. The number of allylic oxidation sites excluding steroid dienone is 4. The minimum absolute atomic E-state index is 0.150. The number of carbonyl (C=O) groups excluding carboxylic acids is 2. The van der Waals surface area contributed by atoms with Crippen LogP contribution in [0, 0.1) is 5.41 Å². The predicted molar refractivity (Wildman–Crippen MR) is 120 cm³/mol. The van der Waals surface area contributed by atoms with Gasteiger partial charge in [-0.1, -0.05) is 64.6 Å². The molecule has 0 spiro atoms. The van der Waals surface area contributed by atoms with E-state index in [0.29, 0.717) is 29.1 Å². The van der Waals surface area contributed by atoms with Crippen LogP contribution < -0.4 is 4.74 Å². The highest BCUT2D eigenvalue weighted by Crippen LogP contribution is 2.49. The maximum absolute atomic E-state index is 11.7. The van der Waals surface area contributed by atoms with E-state index in [-0.39, 0.29) is 16.8 Å². The third kappa shape index (κ3) is 4.99. The summed E-state index contributed by atoms with van der Waals surface area (Å²) in [5.74, 6) is 0.364. The average Bonchev–Trinajstić information content (AvgIpc) is 2.68. The van der Waals surface area contributed by atoms with Gasteiger partial charge in [-0.15, -0.1) is 0 Å². The van der Waals surface area contributed by atoms with Gasteiger partial charge in [-0.25, -0.2) is 9.59 Å². The number of ether oxygens (including phenoxy) is 2. The fourth-order valence-electron chi connectivity index (χ4n) is 3.33. The molecule has 0 radical (unpaired) electrons. The third-order valence-electron chi connectivity index (χ3n) is 6.18. The largest absolute Gasteiger partial charge is 0.428 e. The fraction of sp³-hybridized carbons (Fsp3) is 0.385. The van der Waals surface area contributed by atoms with Crippen molar-refractivity contribution in [2.24, 2.45) is 5.41 Å². The van der Waals surface area contributed by atoms with Crippen LogP contribution in [0.1, 0.15) is 59.9 Å². The van der Waals surface area contributed by atoms with Gasteiger partial charge in [0.1, 0.15) is 11.5 Å². The molecule has 0 heterocycles. The Labute approximate surface area is 180 Å². The first-order valence-corrected chi connectivity index (χ1v) is 10.1. The van der Waals surface area contributed by atoms with Crippen LogP contribution in [0.3, 0.4) is 0 Å². The number of hydrogen-bond donors (Lipinski definition) is 0. The second-order valence-corrected chi connectivity index (χ2v) is 8.94. The first-order valence-electron chi connectivity index (χ1n) is 10.1. The van der Waals surface area contributed by atoms with Crippen LogP contribution in [0.4, 0.5) is 0 Å². The zero-order valence-electron chi connectivity index (χ0n) is 18.9. The molecule has 0 bridgehead atoms. The Morgan fingerprint density at radius 3 is 1.80 bits per heavy atom. The van der Waals surface area contributed by atoms with Crippen molar-refractivity contribution < 1.29 is 19.1 Å². The van der Waals surface area contributed by atoms with Crippen molar-refractivity contribution in [3.8, 4) is 5.75 Å². The van der Waals surface area contributed by atoms with E-state index in [1.54, 1.807) is 13.8 Å². The Hall–Kier alpha value is -2.88. The van der Waals surface area contributed by atoms with E-state index in [9.17, 15) is 9.59 Å². The number of benzene rings is 1. The first kappa shape index (κ1) is 23.4. The molecule has 2 rings (SSSR count). The summed E-state index contributed by atoms with van der Waals surface area (Å²) < 4.78 is 10.7. The molecule has 0 aliphatic heterocycles. The summed E-state index contributed by atoms with van der Waals surface area (Å²) in [6.07, 6.45) is 5.45. The van der Waals surface area contributed by atoms with Crippen molar-refractivity contribution in [2.75, 3.05) is 0 Å². The van der Waals surface area contributed by atoms with Gasteiger partial charge in [-0.05, 0) is 54.9 Å². The molecule has 0 aromatic heterocycles. The smallest absolute Gasteiger partial charge is 0.338 e. The molecular formula is C26H32O4. The van der Waals surface area contributed by atoms with Gasteiger partial charge >= 0.3 is 11.9 Å². The van der Waals surface area contributed by atoms with Crippen LogP contribution in [0.25, 0.3) is 0 Å². The van der Waals surface area contributed by atoms with E-state index in [0.717, 1.165) is 12.0 Å². The molecule has 160 valence electrons. The van der Waals surface area contributed by atoms with Crippen molar-refractivity contribution in [1.29, 1.82) is 0 Å². The Morgan fingerprint density at radius 2 is 1.33 bits per heavy atom. The lowest BCUT2D eigenvalue weighted by Crippen LogP contribution is -2.38. The third-order valence-corrected chi connectivity index (χ3v) is 6.18. The molecule has 1 aromatic carbocycles. The molecule has 0 unspecified atom stereocenters. The lowest BCUT2D eigenvalue weighted by molar-refractivity contribution is -0.135. The minimum atomic E-state index is -0.426. The molecular weight excluding hydrogens is 376 g/mol. The summed E-state index contributed by atoms with van der Waals surface area (Å²) in [6.45, 7) is 19.4. The molecule has 4 nitrogen and oxygen atoms in total. The van der Waals surface area contributed by atoms with E-state index in [2.05, 4.69) is 46.9 Å². The second kappa shape index (κ2) is 8.86. The monoisotopic (exact) mass is 408 g/mol. The average molecular weight is 409 g/mol. The molecule has 30 heavy (non-hydrogen) atoms. The molecule has 0 atom stereocenters. The maximum atomic E-state index is 11.7. The normalized spacial score (nSPS) is 14.3. The summed E-state index contributed by atoms with van der Waals surface area (Å²) in [5, 5.41) is 0. The van der Waals surface area contributed by atoms with Crippen molar-refractivity contribution >= 4 is 11.9 Å². The lowest BCUT2D eigenvalue weighted by atomic mass is 9.59. The predicted octanol–water partition coefficient (Wildman–Crippen LogP) is 6.20. The fourth-order valence-corrected chi connectivity index (χ4v) is 3.33. The Balaban J connectivity index is 2.21. The van der Waals surface area contributed by atoms with E-state index in [1.165, 1.54) is 5.57 Å². The Kier molecular flexibility index (Phi) is 6.91. The second-order valence-electron chi connectivity index (χ2n) is 8.94. The molecule has 1 aliphatic carbocycles. The van der Waals surface area contributed by atoms with Crippen LogP contribution in [0.15, 0.2) is 72.1 Å². The lowest BCUT2D eigenvalue weighted by Gasteiger charge is -2.45. The number of hydrogen-bond acceptors (Lipinski definition) is 4. The summed E-state index contributed by atoms with van der Waals surface area (Å²) in [4.78, 5) is 23.5. The van der Waals surface area contributed by atoms with Crippen LogP contribution in [-0.2, 0) is 19.7 Å². The van der Waals surface area contributed by atoms with Gasteiger partial charge in [0.05, 0.1) is 0 Å². The van der Waals surface area contributed by atoms with Crippen LogP contribution in [0.2, 0.25) is 0 Å². The van der Waals surface area contributed by atoms with Gasteiger partial charge in [-0.3, -0.25) is 0 Å². The molecule has 0 saturated carbocycles. The molecule has 0 N–H and O–H groups in total. The quantitative estimate of drug-likeness (QED) is 0.306.